The molecule has 1 fully saturated rings. The predicted octanol–water partition coefficient (Wildman–Crippen LogP) is 3.05. The van der Waals surface area contributed by atoms with Gasteiger partial charge in [0, 0.05) is 17.3 Å². The molecule has 6 nitrogen and oxygen atoms in total. The minimum absolute atomic E-state index is 0.0878. The normalized spacial score (nSPS) is 17.4. The lowest BCUT2D eigenvalue weighted by Gasteiger charge is -2.19. The first-order chi connectivity index (χ1) is 12.7. The number of carbonyl (C=O) groups excluding carboxylic acids is 1. The summed E-state index contributed by atoms with van der Waals surface area (Å²) in [4.78, 5) is 14.3. The number of aryl methyl sites for hydroxylation is 2. The van der Waals surface area contributed by atoms with Crippen LogP contribution in [0.25, 0.3) is 0 Å². The summed E-state index contributed by atoms with van der Waals surface area (Å²) in [5.74, 6) is -0.104. The van der Waals surface area contributed by atoms with Gasteiger partial charge < -0.3 is 9.64 Å². The van der Waals surface area contributed by atoms with Gasteiger partial charge in [0.25, 0.3) is 0 Å². The number of amides is 1. The number of carbonyl (C=O) groups is 1. The lowest BCUT2D eigenvalue weighted by molar-refractivity contribution is -0.118. The summed E-state index contributed by atoms with van der Waals surface area (Å²) < 4.78 is 33.2. The van der Waals surface area contributed by atoms with Crippen molar-refractivity contribution in [3.05, 3.63) is 52.5 Å². The number of halogens is 1. The highest BCUT2D eigenvalue weighted by Crippen LogP contribution is 2.29. The average Bonchev–Trinajstić information content (AvgIpc) is 2.94. The molecule has 2 aromatic rings. The van der Waals surface area contributed by atoms with Crippen molar-refractivity contribution >= 4 is 33.2 Å². The summed E-state index contributed by atoms with van der Waals surface area (Å²) in [6.07, 6.45) is 0.383. The van der Waals surface area contributed by atoms with Crippen LogP contribution in [0.4, 0.5) is 5.69 Å². The molecule has 1 aliphatic heterocycles. The number of hydrogen-bond acceptors (Lipinski definition) is 4. The third-order valence-corrected chi connectivity index (χ3v) is 6.16. The summed E-state index contributed by atoms with van der Waals surface area (Å²) >= 11 is 5.94. The molecule has 2 aromatic carbocycles. The second-order valence-electron chi connectivity index (χ2n) is 6.59. The molecule has 1 amide bonds. The van der Waals surface area contributed by atoms with Gasteiger partial charge in [0.1, 0.15) is 16.7 Å². The van der Waals surface area contributed by atoms with Crippen LogP contribution >= 0.6 is 11.6 Å². The van der Waals surface area contributed by atoms with Crippen LogP contribution < -0.4 is 14.4 Å². The van der Waals surface area contributed by atoms with Crippen molar-refractivity contribution in [2.75, 3.05) is 18.6 Å². The minimum atomic E-state index is -3.97. The molecular formula is C19H21ClN2O4S. The summed E-state index contributed by atoms with van der Waals surface area (Å²) in [6.45, 7) is 4.37. The van der Waals surface area contributed by atoms with E-state index < -0.39 is 16.1 Å². The Morgan fingerprint density at radius 3 is 2.44 bits per heavy atom. The van der Waals surface area contributed by atoms with Crippen LogP contribution in [0.2, 0.25) is 5.02 Å². The number of hydrogen-bond donors (Lipinski definition) is 1. The second kappa shape index (κ2) is 7.50. The molecule has 27 heavy (non-hydrogen) atoms. The van der Waals surface area contributed by atoms with E-state index in [0.717, 1.165) is 16.8 Å². The Balaban J connectivity index is 1.84. The van der Waals surface area contributed by atoms with Gasteiger partial charge in [-0.3, -0.25) is 4.79 Å². The van der Waals surface area contributed by atoms with Crippen molar-refractivity contribution in [1.29, 1.82) is 0 Å². The fourth-order valence-electron chi connectivity index (χ4n) is 3.26. The van der Waals surface area contributed by atoms with E-state index in [4.69, 9.17) is 16.3 Å². The maximum absolute atomic E-state index is 12.8. The first kappa shape index (κ1) is 19.7. The Hall–Kier alpha value is -2.09. The molecule has 0 radical (unpaired) electrons. The quantitative estimate of drug-likeness (QED) is 0.825. The minimum Gasteiger partial charge on any atom is -0.495 e. The summed E-state index contributed by atoms with van der Waals surface area (Å²) in [7, 11) is -2.59. The van der Waals surface area contributed by atoms with Gasteiger partial charge in [-0.15, -0.1) is 0 Å². The third-order valence-electron chi connectivity index (χ3n) is 4.44. The van der Waals surface area contributed by atoms with E-state index >= 15 is 0 Å². The largest absolute Gasteiger partial charge is 0.495 e. The van der Waals surface area contributed by atoms with Gasteiger partial charge in [-0.05, 0) is 61.7 Å². The number of anilines is 1. The monoisotopic (exact) mass is 408 g/mol. The number of rotatable bonds is 5. The number of benzene rings is 2. The Kier molecular flexibility index (Phi) is 5.46. The van der Waals surface area contributed by atoms with Gasteiger partial charge in [-0.2, -0.15) is 4.72 Å². The molecule has 8 heteroatoms. The highest BCUT2D eigenvalue weighted by molar-refractivity contribution is 7.89. The topological polar surface area (TPSA) is 75.7 Å². The number of ether oxygens (including phenoxy) is 1. The first-order valence-corrected chi connectivity index (χ1v) is 10.3. The third kappa shape index (κ3) is 4.10. The molecule has 0 bridgehead atoms. The van der Waals surface area contributed by atoms with E-state index in [2.05, 4.69) is 4.72 Å². The van der Waals surface area contributed by atoms with E-state index in [1.165, 1.54) is 19.2 Å². The van der Waals surface area contributed by atoms with Gasteiger partial charge in [0.05, 0.1) is 7.11 Å². The lowest BCUT2D eigenvalue weighted by atomic mass is 10.1. The van der Waals surface area contributed by atoms with Gasteiger partial charge in [0.2, 0.25) is 15.9 Å². The van der Waals surface area contributed by atoms with Crippen molar-refractivity contribution in [2.24, 2.45) is 0 Å². The average molecular weight is 409 g/mol. The highest BCUT2D eigenvalue weighted by Gasteiger charge is 2.36. The highest BCUT2D eigenvalue weighted by atomic mass is 35.5. The van der Waals surface area contributed by atoms with E-state index in [1.54, 1.807) is 11.0 Å². The van der Waals surface area contributed by atoms with Crippen LogP contribution in [0.5, 0.6) is 5.75 Å². The molecule has 1 aliphatic rings. The molecule has 1 saturated heterocycles. The van der Waals surface area contributed by atoms with Gasteiger partial charge in [-0.1, -0.05) is 17.7 Å². The number of methoxy groups -OCH3 is 1. The first-order valence-electron chi connectivity index (χ1n) is 8.47. The fraction of sp³-hybridized carbons (Fsp3) is 0.316. The Morgan fingerprint density at radius 2 is 1.81 bits per heavy atom. The molecule has 0 aliphatic carbocycles. The zero-order valence-electron chi connectivity index (χ0n) is 15.3. The Labute approximate surface area is 164 Å². The molecule has 0 aromatic heterocycles. The summed E-state index contributed by atoms with van der Waals surface area (Å²) in [5, 5.41) is 0.269. The molecule has 0 spiro atoms. The molecule has 1 heterocycles. The maximum Gasteiger partial charge on any atom is 0.245 e. The number of sulfonamides is 1. The maximum atomic E-state index is 12.8. The van der Waals surface area contributed by atoms with Crippen molar-refractivity contribution in [3.63, 3.8) is 0 Å². The van der Waals surface area contributed by atoms with E-state index in [-0.39, 0.29) is 21.6 Å². The van der Waals surface area contributed by atoms with E-state index in [0.29, 0.717) is 13.0 Å². The molecule has 1 N–H and O–H groups in total. The van der Waals surface area contributed by atoms with Crippen LogP contribution in [-0.4, -0.2) is 34.0 Å². The SMILES string of the molecule is COc1ccc(Cl)cc1S(=O)(=O)N[C@H]1CCN(c2cc(C)cc(C)c2)C1=O. The fourth-order valence-corrected chi connectivity index (χ4v) is 4.92. The molecule has 1 atom stereocenters. The van der Waals surface area contributed by atoms with Crippen molar-refractivity contribution in [3.8, 4) is 5.75 Å². The van der Waals surface area contributed by atoms with Crippen molar-refractivity contribution in [2.45, 2.75) is 31.2 Å². The molecule has 0 saturated carbocycles. The lowest BCUT2D eigenvalue weighted by Crippen LogP contribution is -2.41. The second-order valence-corrected chi connectivity index (χ2v) is 8.71. The van der Waals surface area contributed by atoms with Gasteiger partial charge in [0.15, 0.2) is 0 Å². The summed E-state index contributed by atoms with van der Waals surface area (Å²) in [6, 6.07) is 9.36. The van der Waals surface area contributed by atoms with Crippen LogP contribution in [-0.2, 0) is 14.8 Å². The molecule has 144 valence electrons. The zero-order chi connectivity index (χ0) is 19.8. The molecule has 0 unspecified atom stereocenters. The molecular weight excluding hydrogens is 388 g/mol. The van der Waals surface area contributed by atoms with Crippen LogP contribution in [0.15, 0.2) is 41.3 Å². The standard InChI is InChI=1S/C19H21ClN2O4S/c1-12-8-13(2)10-15(9-12)22-7-6-16(19(22)23)21-27(24,25)18-11-14(20)4-5-17(18)26-3/h4-5,8-11,16,21H,6-7H2,1-3H3/t16-/m0/s1. The number of nitrogens with zero attached hydrogens (tertiary/aromatic N) is 1. The molecule has 3 rings (SSSR count). The van der Waals surface area contributed by atoms with Crippen LogP contribution in [0.3, 0.4) is 0 Å². The van der Waals surface area contributed by atoms with Crippen molar-refractivity contribution < 1.29 is 17.9 Å². The van der Waals surface area contributed by atoms with Gasteiger partial charge in [-0.25, -0.2) is 8.42 Å². The van der Waals surface area contributed by atoms with Crippen molar-refractivity contribution in [1.82, 2.24) is 4.72 Å². The van der Waals surface area contributed by atoms with Crippen LogP contribution in [0.1, 0.15) is 17.5 Å². The number of nitrogens with one attached hydrogen (secondary N) is 1. The smallest absolute Gasteiger partial charge is 0.245 e. The van der Waals surface area contributed by atoms with Crippen LogP contribution in [0, 0.1) is 13.8 Å². The van der Waals surface area contributed by atoms with E-state index in [9.17, 15) is 13.2 Å². The van der Waals surface area contributed by atoms with E-state index in [1.807, 2.05) is 32.0 Å². The summed E-state index contributed by atoms with van der Waals surface area (Å²) in [5.41, 5.74) is 2.87. The zero-order valence-corrected chi connectivity index (χ0v) is 16.9. The predicted molar refractivity (Wildman–Crippen MR) is 105 cm³/mol. The Bertz CT molecular complexity index is 971. The van der Waals surface area contributed by atoms with Gasteiger partial charge >= 0.3 is 0 Å². The Morgan fingerprint density at radius 1 is 1.15 bits per heavy atom.